The number of hydrazone groups is 1. The quantitative estimate of drug-likeness (QED) is 0.552. The molecular weight excluding hydrogens is 425 g/mol. The Bertz CT molecular complexity index is 1010. The summed E-state index contributed by atoms with van der Waals surface area (Å²) in [6.45, 7) is 3.35. The lowest BCUT2D eigenvalue weighted by Gasteiger charge is -2.29. The fraction of sp³-hybridized carbons (Fsp3) is 0.400. The van der Waals surface area contributed by atoms with Gasteiger partial charge in [-0.3, -0.25) is 9.59 Å². The van der Waals surface area contributed by atoms with E-state index < -0.39 is 6.86 Å². The SMILES string of the molecule is CCCC(=O)Nc1ccc(CN2N=C(c3ccc(OCF)c(OC)c3)C(CC)CC2=O)cc1. The van der Waals surface area contributed by atoms with Crippen LogP contribution in [0.1, 0.15) is 50.7 Å². The monoisotopic (exact) mass is 455 g/mol. The molecule has 0 radical (unpaired) electrons. The first-order valence-electron chi connectivity index (χ1n) is 11.1. The summed E-state index contributed by atoms with van der Waals surface area (Å²) in [6, 6.07) is 12.6. The summed E-state index contributed by atoms with van der Waals surface area (Å²) in [5.74, 6) is 0.631. The minimum atomic E-state index is -0.947. The fourth-order valence-corrected chi connectivity index (χ4v) is 3.76. The molecule has 0 saturated heterocycles. The molecule has 1 unspecified atom stereocenters. The number of carbonyl (C=O) groups excluding carboxylic acids is 2. The molecule has 2 amide bonds. The Balaban J connectivity index is 1.82. The number of amides is 2. The Labute approximate surface area is 193 Å². The summed E-state index contributed by atoms with van der Waals surface area (Å²) >= 11 is 0. The van der Waals surface area contributed by atoms with Crippen LogP contribution in [-0.2, 0) is 16.1 Å². The third-order valence-corrected chi connectivity index (χ3v) is 5.53. The molecule has 0 saturated carbocycles. The zero-order valence-electron chi connectivity index (χ0n) is 19.3. The Morgan fingerprint density at radius 1 is 1.18 bits per heavy atom. The highest BCUT2D eigenvalue weighted by molar-refractivity contribution is 6.06. The molecule has 3 rings (SSSR count). The van der Waals surface area contributed by atoms with E-state index in [1.54, 1.807) is 18.2 Å². The lowest BCUT2D eigenvalue weighted by Crippen LogP contribution is -2.36. The molecule has 176 valence electrons. The van der Waals surface area contributed by atoms with Crippen LogP contribution in [-0.4, -0.2) is 36.5 Å². The molecule has 2 aromatic carbocycles. The summed E-state index contributed by atoms with van der Waals surface area (Å²) in [7, 11) is 1.49. The van der Waals surface area contributed by atoms with Crippen LogP contribution in [0.2, 0.25) is 0 Å². The van der Waals surface area contributed by atoms with Crippen LogP contribution >= 0.6 is 0 Å². The molecule has 1 heterocycles. The normalized spacial score (nSPS) is 15.8. The van der Waals surface area contributed by atoms with Gasteiger partial charge < -0.3 is 14.8 Å². The minimum Gasteiger partial charge on any atom is -0.493 e. The second-order valence-corrected chi connectivity index (χ2v) is 7.86. The Hall–Kier alpha value is -3.42. The van der Waals surface area contributed by atoms with Crippen molar-refractivity contribution in [2.45, 2.75) is 46.1 Å². The fourth-order valence-electron chi connectivity index (χ4n) is 3.76. The van der Waals surface area contributed by atoms with E-state index in [4.69, 9.17) is 9.47 Å². The Morgan fingerprint density at radius 3 is 2.58 bits per heavy atom. The molecule has 1 aliphatic rings. The smallest absolute Gasteiger partial charge is 0.243 e. The highest BCUT2D eigenvalue weighted by Crippen LogP contribution is 2.32. The standard InChI is InChI=1S/C25H30FN3O4/c1-4-6-23(30)27-20-10-7-17(8-11-20)15-29-24(31)14-18(5-2)25(28-29)19-9-12-21(33-16-26)22(13-19)32-3/h7-13,18H,4-6,14-16H2,1-3H3,(H,27,30). The average molecular weight is 456 g/mol. The predicted octanol–water partition coefficient (Wildman–Crippen LogP) is 4.90. The first-order valence-corrected chi connectivity index (χ1v) is 11.1. The van der Waals surface area contributed by atoms with Gasteiger partial charge in [0.1, 0.15) is 0 Å². The van der Waals surface area contributed by atoms with Crippen molar-refractivity contribution in [3.05, 3.63) is 53.6 Å². The van der Waals surface area contributed by atoms with Crippen molar-refractivity contribution in [1.82, 2.24) is 5.01 Å². The molecule has 0 bridgehead atoms. The van der Waals surface area contributed by atoms with Gasteiger partial charge >= 0.3 is 0 Å². The maximum absolute atomic E-state index is 12.8. The summed E-state index contributed by atoms with van der Waals surface area (Å²) in [5, 5.41) is 9.02. The van der Waals surface area contributed by atoms with Gasteiger partial charge in [0.2, 0.25) is 18.7 Å². The zero-order chi connectivity index (χ0) is 23.8. The van der Waals surface area contributed by atoms with Crippen LogP contribution in [0.25, 0.3) is 0 Å². The summed E-state index contributed by atoms with van der Waals surface area (Å²) in [5.41, 5.74) is 3.21. The average Bonchev–Trinajstić information content (AvgIpc) is 2.82. The molecule has 0 aromatic heterocycles. The van der Waals surface area contributed by atoms with E-state index in [0.29, 0.717) is 30.9 Å². The van der Waals surface area contributed by atoms with Gasteiger partial charge in [-0.1, -0.05) is 26.0 Å². The van der Waals surface area contributed by atoms with Gasteiger partial charge in [-0.2, -0.15) is 5.10 Å². The molecule has 33 heavy (non-hydrogen) atoms. The van der Waals surface area contributed by atoms with E-state index >= 15 is 0 Å². The van der Waals surface area contributed by atoms with Crippen molar-refractivity contribution in [1.29, 1.82) is 0 Å². The molecule has 1 N–H and O–H groups in total. The number of alkyl halides is 1. The first-order chi connectivity index (χ1) is 16.0. The maximum atomic E-state index is 12.8. The van der Waals surface area contributed by atoms with Gasteiger partial charge in [-0.05, 0) is 48.7 Å². The largest absolute Gasteiger partial charge is 0.493 e. The number of hydrogen-bond acceptors (Lipinski definition) is 5. The number of nitrogens with one attached hydrogen (secondary N) is 1. The van der Waals surface area contributed by atoms with Crippen LogP contribution in [0.4, 0.5) is 10.1 Å². The number of hydrogen-bond donors (Lipinski definition) is 1. The summed E-state index contributed by atoms with van der Waals surface area (Å²) in [6.07, 6.45) is 2.38. The van der Waals surface area contributed by atoms with E-state index in [-0.39, 0.29) is 17.7 Å². The van der Waals surface area contributed by atoms with E-state index in [0.717, 1.165) is 35.4 Å². The van der Waals surface area contributed by atoms with Gasteiger partial charge in [0.05, 0.1) is 19.4 Å². The van der Waals surface area contributed by atoms with Crippen LogP contribution in [0.5, 0.6) is 11.5 Å². The van der Waals surface area contributed by atoms with Crippen LogP contribution in [0, 0.1) is 5.92 Å². The zero-order valence-corrected chi connectivity index (χ0v) is 19.3. The number of rotatable bonds is 10. The van der Waals surface area contributed by atoms with Crippen LogP contribution in [0.15, 0.2) is 47.6 Å². The highest BCUT2D eigenvalue weighted by Gasteiger charge is 2.29. The molecule has 0 aliphatic carbocycles. The Morgan fingerprint density at radius 2 is 1.94 bits per heavy atom. The minimum absolute atomic E-state index is 0.0188. The molecule has 0 fully saturated rings. The van der Waals surface area contributed by atoms with Gasteiger partial charge in [-0.25, -0.2) is 9.40 Å². The van der Waals surface area contributed by atoms with Gasteiger partial charge in [-0.15, -0.1) is 0 Å². The molecular formula is C25H30FN3O4. The van der Waals surface area contributed by atoms with Crippen molar-refractivity contribution in [3.8, 4) is 11.5 Å². The lowest BCUT2D eigenvalue weighted by atomic mass is 9.89. The van der Waals surface area contributed by atoms with E-state index in [2.05, 4.69) is 10.4 Å². The van der Waals surface area contributed by atoms with Crippen LogP contribution < -0.4 is 14.8 Å². The Kier molecular flexibility index (Phi) is 8.40. The molecule has 0 spiro atoms. The number of ether oxygens (including phenoxy) is 2. The number of benzene rings is 2. The van der Waals surface area contributed by atoms with Crippen LogP contribution in [0.3, 0.4) is 0 Å². The van der Waals surface area contributed by atoms with Crippen molar-refractivity contribution >= 4 is 23.2 Å². The van der Waals surface area contributed by atoms with Crippen molar-refractivity contribution < 1.29 is 23.5 Å². The van der Waals surface area contributed by atoms with E-state index in [9.17, 15) is 14.0 Å². The van der Waals surface area contributed by atoms with Crippen molar-refractivity contribution in [2.24, 2.45) is 11.0 Å². The number of halogens is 1. The number of nitrogens with zero attached hydrogens (tertiary/aromatic N) is 2. The first kappa shape index (κ1) is 24.2. The third-order valence-electron chi connectivity index (χ3n) is 5.53. The highest BCUT2D eigenvalue weighted by atomic mass is 19.1. The molecule has 1 aliphatic heterocycles. The van der Waals surface area contributed by atoms with Gasteiger partial charge in [0.25, 0.3) is 0 Å². The molecule has 7 nitrogen and oxygen atoms in total. The van der Waals surface area contributed by atoms with Gasteiger partial charge in [0, 0.05) is 30.0 Å². The second-order valence-electron chi connectivity index (χ2n) is 7.86. The third kappa shape index (κ3) is 6.09. The van der Waals surface area contributed by atoms with E-state index in [1.165, 1.54) is 12.1 Å². The molecule has 1 atom stereocenters. The topological polar surface area (TPSA) is 80.2 Å². The molecule has 2 aromatic rings. The number of carbonyl (C=O) groups is 2. The van der Waals surface area contributed by atoms with Crippen molar-refractivity contribution in [2.75, 3.05) is 19.3 Å². The second kappa shape index (κ2) is 11.4. The number of methoxy groups -OCH3 is 1. The van der Waals surface area contributed by atoms with E-state index in [1.807, 2.05) is 38.1 Å². The summed E-state index contributed by atoms with van der Waals surface area (Å²) < 4.78 is 22.9. The summed E-state index contributed by atoms with van der Waals surface area (Å²) in [4.78, 5) is 24.5. The van der Waals surface area contributed by atoms with Gasteiger partial charge in [0.15, 0.2) is 11.5 Å². The number of anilines is 1. The lowest BCUT2D eigenvalue weighted by molar-refractivity contribution is -0.133. The van der Waals surface area contributed by atoms with Crippen molar-refractivity contribution in [3.63, 3.8) is 0 Å². The molecule has 8 heteroatoms. The predicted molar refractivity (Wildman–Crippen MR) is 125 cm³/mol. The maximum Gasteiger partial charge on any atom is 0.243 e.